The van der Waals surface area contributed by atoms with Crippen LogP contribution in [0.4, 0.5) is 0 Å². The third kappa shape index (κ3) is 2.72. The van der Waals surface area contributed by atoms with Crippen molar-refractivity contribution in [1.29, 1.82) is 0 Å². The first kappa shape index (κ1) is 11.0. The zero-order chi connectivity index (χ0) is 10.6. The average molecular weight is 198 g/mol. The minimum atomic E-state index is -0.756. The lowest BCUT2D eigenvalue weighted by molar-refractivity contribution is -0.134. The van der Waals surface area contributed by atoms with E-state index in [1.807, 2.05) is 0 Å². The third-order valence-corrected chi connectivity index (χ3v) is 2.98. The van der Waals surface area contributed by atoms with Crippen molar-refractivity contribution in [2.75, 3.05) is 0 Å². The molecule has 1 fully saturated rings. The summed E-state index contributed by atoms with van der Waals surface area (Å²) < 4.78 is 0. The maximum atomic E-state index is 11.1. The van der Waals surface area contributed by atoms with Gasteiger partial charge in [0.15, 0.2) is 0 Å². The Morgan fingerprint density at radius 2 is 1.36 bits per heavy atom. The monoisotopic (exact) mass is 198 g/mol. The summed E-state index contributed by atoms with van der Waals surface area (Å²) in [6.45, 7) is 0. The molecule has 0 aromatic rings. The summed E-state index contributed by atoms with van der Waals surface area (Å²) in [5.41, 5.74) is 10.4. The van der Waals surface area contributed by atoms with Gasteiger partial charge in [0.1, 0.15) is 5.92 Å². The highest BCUT2D eigenvalue weighted by Gasteiger charge is 2.31. The molecule has 1 saturated carbocycles. The molecule has 2 amide bonds. The number of carbonyl (C=O) groups excluding carboxylic acids is 2. The summed E-state index contributed by atoms with van der Waals surface area (Å²) in [5, 5.41) is 0. The molecule has 1 aliphatic carbocycles. The third-order valence-electron chi connectivity index (χ3n) is 2.98. The van der Waals surface area contributed by atoms with E-state index in [-0.39, 0.29) is 5.92 Å². The van der Waals surface area contributed by atoms with Crippen LogP contribution in [-0.4, -0.2) is 11.8 Å². The molecule has 0 radical (unpaired) electrons. The fourth-order valence-electron chi connectivity index (χ4n) is 2.25. The van der Waals surface area contributed by atoms with Crippen LogP contribution in [0.25, 0.3) is 0 Å². The second kappa shape index (κ2) is 4.98. The molecular weight excluding hydrogens is 180 g/mol. The molecule has 0 spiro atoms. The molecule has 1 rings (SSSR count). The topological polar surface area (TPSA) is 86.2 Å². The lowest BCUT2D eigenvalue weighted by Gasteiger charge is -2.20. The van der Waals surface area contributed by atoms with E-state index in [9.17, 15) is 9.59 Å². The van der Waals surface area contributed by atoms with Crippen molar-refractivity contribution in [2.45, 2.75) is 38.5 Å². The number of carbonyl (C=O) groups is 2. The Morgan fingerprint density at radius 3 is 1.71 bits per heavy atom. The number of nitrogens with two attached hydrogens (primary N) is 2. The highest BCUT2D eigenvalue weighted by atomic mass is 16.2. The molecule has 0 aliphatic heterocycles. The van der Waals surface area contributed by atoms with Crippen LogP contribution < -0.4 is 11.5 Å². The van der Waals surface area contributed by atoms with E-state index in [4.69, 9.17) is 11.5 Å². The minimum Gasteiger partial charge on any atom is -0.369 e. The van der Waals surface area contributed by atoms with Crippen molar-refractivity contribution < 1.29 is 9.59 Å². The largest absolute Gasteiger partial charge is 0.369 e. The maximum absolute atomic E-state index is 11.1. The van der Waals surface area contributed by atoms with Crippen molar-refractivity contribution in [2.24, 2.45) is 23.3 Å². The highest BCUT2D eigenvalue weighted by Crippen LogP contribution is 2.28. The Labute approximate surface area is 84.0 Å². The number of amides is 2. The smallest absolute Gasteiger partial charge is 0.230 e. The Balaban J connectivity index is 2.65. The summed E-state index contributed by atoms with van der Waals surface area (Å²) in [5.74, 6) is -1.81. The van der Waals surface area contributed by atoms with Gasteiger partial charge in [0.05, 0.1) is 0 Å². The van der Waals surface area contributed by atoms with E-state index in [1.54, 1.807) is 0 Å². The lowest BCUT2D eigenvalue weighted by Crippen LogP contribution is -2.40. The summed E-state index contributed by atoms with van der Waals surface area (Å²) in [7, 11) is 0. The van der Waals surface area contributed by atoms with Gasteiger partial charge >= 0.3 is 0 Å². The normalized spacial score (nSPS) is 19.2. The molecule has 0 saturated heterocycles. The number of hydrogen-bond acceptors (Lipinski definition) is 2. The van der Waals surface area contributed by atoms with Gasteiger partial charge in [0.25, 0.3) is 0 Å². The molecule has 80 valence electrons. The van der Waals surface area contributed by atoms with Gasteiger partial charge in [-0.2, -0.15) is 0 Å². The van der Waals surface area contributed by atoms with Crippen LogP contribution in [0.15, 0.2) is 0 Å². The number of hydrogen-bond donors (Lipinski definition) is 2. The predicted octanol–water partition coefficient (Wildman–Crippen LogP) is 0.544. The molecule has 0 aromatic carbocycles. The van der Waals surface area contributed by atoms with Crippen LogP contribution in [0.2, 0.25) is 0 Å². The maximum Gasteiger partial charge on any atom is 0.230 e. The molecule has 4 N–H and O–H groups in total. The van der Waals surface area contributed by atoms with Crippen LogP contribution in [0.3, 0.4) is 0 Å². The second-order valence-corrected chi connectivity index (χ2v) is 4.03. The van der Waals surface area contributed by atoms with Gasteiger partial charge in [-0.15, -0.1) is 0 Å². The fraction of sp³-hybridized carbons (Fsp3) is 0.800. The van der Waals surface area contributed by atoms with Crippen molar-refractivity contribution in [3.8, 4) is 0 Å². The molecule has 0 heterocycles. The van der Waals surface area contributed by atoms with Crippen molar-refractivity contribution in [3.05, 3.63) is 0 Å². The van der Waals surface area contributed by atoms with Gasteiger partial charge in [-0.05, 0) is 18.8 Å². The zero-order valence-electron chi connectivity index (χ0n) is 8.37. The quantitative estimate of drug-likeness (QED) is 0.512. The molecule has 0 atom stereocenters. The number of rotatable bonds is 3. The predicted molar refractivity (Wildman–Crippen MR) is 53.1 cm³/mol. The number of primary amides is 2. The average Bonchev–Trinajstić information content (AvgIpc) is 2.31. The highest BCUT2D eigenvalue weighted by molar-refractivity contribution is 5.99. The molecule has 1 aliphatic rings. The molecule has 0 bridgehead atoms. The van der Waals surface area contributed by atoms with Gasteiger partial charge in [-0.25, -0.2) is 0 Å². The van der Waals surface area contributed by atoms with Crippen molar-refractivity contribution in [1.82, 2.24) is 0 Å². The molecule has 14 heavy (non-hydrogen) atoms. The first-order chi connectivity index (χ1) is 6.63. The zero-order valence-corrected chi connectivity index (χ0v) is 8.37. The Morgan fingerprint density at radius 1 is 0.929 bits per heavy atom. The molecule has 4 nitrogen and oxygen atoms in total. The van der Waals surface area contributed by atoms with Gasteiger partial charge in [0.2, 0.25) is 11.8 Å². The summed E-state index contributed by atoms with van der Waals surface area (Å²) in [6.07, 6.45) is 6.30. The van der Waals surface area contributed by atoms with Crippen LogP contribution in [0.5, 0.6) is 0 Å². The Bertz CT molecular complexity index is 206. The van der Waals surface area contributed by atoms with Gasteiger partial charge in [-0.3, -0.25) is 9.59 Å². The Kier molecular flexibility index (Phi) is 3.92. The first-order valence-electron chi connectivity index (χ1n) is 5.21. The van der Waals surface area contributed by atoms with Gasteiger partial charge < -0.3 is 11.5 Å². The standard InChI is InChI=1S/C10H18N2O2/c11-9(13)8(10(12)14)7-5-3-1-2-4-6-7/h7-8H,1-6H2,(H2,11,13)(H2,12,14). The summed E-state index contributed by atoms with van der Waals surface area (Å²) in [6, 6.07) is 0. The molecular formula is C10H18N2O2. The second-order valence-electron chi connectivity index (χ2n) is 4.03. The van der Waals surface area contributed by atoms with Crippen molar-refractivity contribution >= 4 is 11.8 Å². The van der Waals surface area contributed by atoms with E-state index in [1.165, 1.54) is 12.8 Å². The molecule has 0 unspecified atom stereocenters. The van der Waals surface area contributed by atoms with E-state index < -0.39 is 17.7 Å². The van der Waals surface area contributed by atoms with Crippen LogP contribution >= 0.6 is 0 Å². The van der Waals surface area contributed by atoms with Gasteiger partial charge in [-0.1, -0.05) is 25.7 Å². The van der Waals surface area contributed by atoms with Crippen LogP contribution in [0, 0.1) is 11.8 Å². The van der Waals surface area contributed by atoms with Crippen molar-refractivity contribution in [3.63, 3.8) is 0 Å². The Hall–Kier alpha value is -1.06. The SMILES string of the molecule is NC(=O)C(C(N)=O)C1CCCCCC1. The van der Waals surface area contributed by atoms with E-state index in [0.717, 1.165) is 25.7 Å². The van der Waals surface area contributed by atoms with E-state index >= 15 is 0 Å². The van der Waals surface area contributed by atoms with Crippen LogP contribution in [0.1, 0.15) is 38.5 Å². The van der Waals surface area contributed by atoms with Gasteiger partial charge in [0, 0.05) is 0 Å². The van der Waals surface area contributed by atoms with E-state index in [2.05, 4.69) is 0 Å². The van der Waals surface area contributed by atoms with E-state index in [0.29, 0.717) is 0 Å². The summed E-state index contributed by atoms with van der Waals surface area (Å²) in [4.78, 5) is 22.1. The lowest BCUT2D eigenvalue weighted by atomic mass is 9.85. The molecule has 0 aromatic heterocycles. The van der Waals surface area contributed by atoms with Crippen LogP contribution in [-0.2, 0) is 9.59 Å². The minimum absolute atomic E-state index is 0.0764. The fourth-order valence-corrected chi connectivity index (χ4v) is 2.25. The molecule has 4 heteroatoms. The first-order valence-corrected chi connectivity index (χ1v) is 5.21. The summed E-state index contributed by atoms with van der Waals surface area (Å²) >= 11 is 0.